The topological polar surface area (TPSA) is 28.3 Å². The number of nitrogens with zero attached hydrogens (tertiary/aromatic N) is 1. The van der Waals surface area contributed by atoms with Crippen molar-refractivity contribution >= 4 is 10.9 Å². The highest BCUT2D eigenvalue weighted by Gasteiger charge is 2.27. The zero-order valence-corrected chi connectivity index (χ0v) is 12.6. The maximum Gasteiger partial charge on any atom is 0.120 e. The lowest BCUT2D eigenvalue weighted by Gasteiger charge is -2.36. The van der Waals surface area contributed by atoms with Crippen LogP contribution in [0.15, 0.2) is 30.5 Å². The molecular weight excluding hydrogens is 260 g/mol. The van der Waals surface area contributed by atoms with Crippen LogP contribution in [0.5, 0.6) is 5.75 Å². The summed E-state index contributed by atoms with van der Waals surface area (Å²) in [7, 11) is 0. The second-order valence-electron chi connectivity index (χ2n) is 6.52. The van der Waals surface area contributed by atoms with Gasteiger partial charge in [0.2, 0.25) is 0 Å². The van der Waals surface area contributed by atoms with E-state index in [0.717, 1.165) is 11.8 Å². The monoisotopic (exact) mass is 284 g/mol. The molecule has 1 aliphatic carbocycles. The van der Waals surface area contributed by atoms with Crippen LogP contribution in [0, 0.1) is 0 Å². The van der Waals surface area contributed by atoms with E-state index in [1.165, 1.54) is 62.5 Å². The molecule has 0 atom stereocenters. The minimum atomic E-state index is 0.388. The van der Waals surface area contributed by atoms with E-state index in [-0.39, 0.29) is 0 Å². The molecule has 0 amide bonds. The summed E-state index contributed by atoms with van der Waals surface area (Å²) >= 11 is 0. The van der Waals surface area contributed by atoms with Crippen molar-refractivity contribution in [2.45, 2.75) is 50.7 Å². The van der Waals surface area contributed by atoms with Crippen molar-refractivity contribution in [1.29, 1.82) is 0 Å². The second kappa shape index (κ2) is 5.72. The van der Waals surface area contributed by atoms with E-state index in [2.05, 4.69) is 34.1 Å². The molecule has 21 heavy (non-hydrogen) atoms. The van der Waals surface area contributed by atoms with Crippen molar-refractivity contribution in [3.05, 3.63) is 30.5 Å². The number of H-pyrrole nitrogens is 1. The number of ether oxygens (including phenoxy) is 1. The number of nitrogens with one attached hydrogen (secondary N) is 1. The standard InChI is InChI=1S/C18H24N2O/c1-2-4-15(3-1)20-11-8-16(9-12-20)21-17-5-6-18-14(13-17)7-10-19-18/h5-7,10,13,15-16,19H,1-4,8-9,11-12H2. The van der Waals surface area contributed by atoms with Crippen LogP contribution >= 0.6 is 0 Å². The molecule has 0 unspecified atom stereocenters. The number of rotatable bonds is 3. The Morgan fingerprint density at radius 2 is 1.81 bits per heavy atom. The highest BCUT2D eigenvalue weighted by molar-refractivity contribution is 5.80. The minimum Gasteiger partial charge on any atom is -0.490 e. The highest BCUT2D eigenvalue weighted by atomic mass is 16.5. The zero-order chi connectivity index (χ0) is 14.1. The van der Waals surface area contributed by atoms with E-state index in [1.54, 1.807) is 0 Å². The van der Waals surface area contributed by atoms with Gasteiger partial charge in [0.15, 0.2) is 0 Å². The average molecular weight is 284 g/mol. The zero-order valence-electron chi connectivity index (χ0n) is 12.6. The van der Waals surface area contributed by atoms with Crippen LogP contribution in [0.25, 0.3) is 10.9 Å². The van der Waals surface area contributed by atoms with Gasteiger partial charge in [0, 0.05) is 36.2 Å². The summed E-state index contributed by atoms with van der Waals surface area (Å²) in [4.78, 5) is 5.92. The van der Waals surface area contributed by atoms with Gasteiger partial charge in [-0.3, -0.25) is 0 Å². The van der Waals surface area contributed by atoms with Crippen molar-refractivity contribution in [2.24, 2.45) is 0 Å². The van der Waals surface area contributed by atoms with Crippen LogP contribution in [0.1, 0.15) is 38.5 Å². The SMILES string of the molecule is c1cc2cc(OC3CCN(C4CCCC4)CC3)ccc2[nH]1. The molecule has 4 rings (SSSR count). The van der Waals surface area contributed by atoms with Crippen LogP contribution in [-0.4, -0.2) is 35.1 Å². The summed E-state index contributed by atoms with van der Waals surface area (Å²) in [5.74, 6) is 1.02. The lowest BCUT2D eigenvalue weighted by molar-refractivity contribution is 0.0769. The molecule has 1 aromatic heterocycles. The molecule has 1 aliphatic heterocycles. The lowest BCUT2D eigenvalue weighted by Crippen LogP contribution is -2.43. The Morgan fingerprint density at radius 3 is 2.62 bits per heavy atom. The fourth-order valence-corrected chi connectivity index (χ4v) is 3.93. The predicted molar refractivity (Wildman–Crippen MR) is 85.8 cm³/mol. The van der Waals surface area contributed by atoms with Crippen LogP contribution in [0.2, 0.25) is 0 Å². The first-order valence-corrected chi connectivity index (χ1v) is 8.36. The van der Waals surface area contributed by atoms with Gasteiger partial charge in [0.25, 0.3) is 0 Å². The van der Waals surface area contributed by atoms with Crippen LogP contribution in [0.3, 0.4) is 0 Å². The molecule has 0 bridgehead atoms. The van der Waals surface area contributed by atoms with Crippen molar-refractivity contribution in [1.82, 2.24) is 9.88 Å². The molecule has 1 N–H and O–H groups in total. The summed E-state index contributed by atoms with van der Waals surface area (Å²) in [6.07, 6.45) is 10.4. The first-order valence-electron chi connectivity index (χ1n) is 8.36. The maximum atomic E-state index is 6.20. The number of likely N-dealkylation sites (tertiary alicyclic amines) is 1. The Labute approximate surface area is 126 Å². The quantitative estimate of drug-likeness (QED) is 0.924. The van der Waals surface area contributed by atoms with Crippen LogP contribution in [-0.2, 0) is 0 Å². The fourth-order valence-electron chi connectivity index (χ4n) is 3.93. The summed E-state index contributed by atoms with van der Waals surface area (Å²) in [6.45, 7) is 2.42. The first-order chi connectivity index (χ1) is 10.4. The molecule has 2 heterocycles. The van der Waals surface area contributed by atoms with Gasteiger partial charge >= 0.3 is 0 Å². The van der Waals surface area contributed by atoms with Gasteiger partial charge in [0.1, 0.15) is 11.9 Å². The molecule has 2 aromatic rings. The Kier molecular flexibility index (Phi) is 3.60. The molecule has 0 radical (unpaired) electrons. The maximum absolute atomic E-state index is 6.20. The number of aromatic amines is 1. The van der Waals surface area contributed by atoms with Gasteiger partial charge in [0.05, 0.1) is 0 Å². The van der Waals surface area contributed by atoms with E-state index in [9.17, 15) is 0 Å². The third kappa shape index (κ3) is 2.80. The molecule has 1 aromatic carbocycles. The summed E-state index contributed by atoms with van der Waals surface area (Å²) in [5.41, 5.74) is 1.18. The van der Waals surface area contributed by atoms with E-state index < -0.39 is 0 Å². The van der Waals surface area contributed by atoms with Gasteiger partial charge in [-0.2, -0.15) is 0 Å². The van der Waals surface area contributed by atoms with E-state index in [0.29, 0.717) is 6.10 Å². The molecule has 1 saturated heterocycles. The predicted octanol–water partition coefficient (Wildman–Crippen LogP) is 3.95. The number of fused-ring (bicyclic) bond motifs is 1. The number of hydrogen-bond donors (Lipinski definition) is 1. The average Bonchev–Trinajstić information content (AvgIpc) is 3.19. The van der Waals surface area contributed by atoms with Crippen molar-refractivity contribution in [3.8, 4) is 5.75 Å². The number of aromatic nitrogens is 1. The first kappa shape index (κ1) is 13.2. The number of hydrogen-bond acceptors (Lipinski definition) is 2. The molecule has 0 spiro atoms. The number of benzene rings is 1. The van der Waals surface area contributed by atoms with Gasteiger partial charge in [-0.1, -0.05) is 12.8 Å². The smallest absolute Gasteiger partial charge is 0.120 e. The minimum absolute atomic E-state index is 0.388. The lowest BCUT2D eigenvalue weighted by atomic mass is 10.0. The van der Waals surface area contributed by atoms with Crippen LogP contribution < -0.4 is 4.74 Å². The molecule has 3 heteroatoms. The Bertz CT molecular complexity index is 592. The normalized spacial score (nSPS) is 22.1. The Morgan fingerprint density at radius 1 is 1.00 bits per heavy atom. The summed E-state index contributed by atoms with van der Waals surface area (Å²) in [6, 6.07) is 9.31. The Balaban J connectivity index is 1.35. The van der Waals surface area contributed by atoms with Gasteiger partial charge < -0.3 is 14.6 Å². The van der Waals surface area contributed by atoms with Crippen molar-refractivity contribution < 1.29 is 4.74 Å². The molecule has 2 aliphatic rings. The third-order valence-corrected chi connectivity index (χ3v) is 5.15. The van der Waals surface area contributed by atoms with Gasteiger partial charge in [-0.05, 0) is 49.9 Å². The van der Waals surface area contributed by atoms with Crippen LogP contribution in [0.4, 0.5) is 0 Å². The molecule has 112 valence electrons. The van der Waals surface area contributed by atoms with Gasteiger partial charge in [-0.25, -0.2) is 0 Å². The summed E-state index contributed by atoms with van der Waals surface area (Å²) < 4.78 is 6.20. The molecule has 2 fully saturated rings. The van der Waals surface area contributed by atoms with Crippen molar-refractivity contribution in [3.63, 3.8) is 0 Å². The second-order valence-corrected chi connectivity index (χ2v) is 6.52. The van der Waals surface area contributed by atoms with E-state index in [1.807, 2.05) is 6.20 Å². The Hall–Kier alpha value is -1.48. The number of piperidine rings is 1. The largest absolute Gasteiger partial charge is 0.490 e. The van der Waals surface area contributed by atoms with Gasteiger partial charge in [-0.15, -0.1) is 0 Å². The molecule has 3 nitrogen and oxygen atoms in total. The highest BCUT2D eigenvalue weighted by Crippen LogP contribution is 2.28. The molecular formula is C18H24N2O. The van der Waals surface area contributed by atoms with Crippen molar-refractivity contribution in [2.75, 3.05) is 13.1 Å². The van der Waals surface area contributed by atoms with E-state index in [4.69, 9.17) is 4.74 Å². The summed E-state index contributed by atoms with van der Waals surface area (Å²) in [5, 5.41) is 1.23. The third-order valence-electron chi connectivity index (χ3n) is 5.15. The van der Waals surface area contributed by atoms with E-state index >= 15 is 0 Å². The molecule has 1 saturated carbocycles. The fraction of sp³-hybridized carbons (Fsp3) is 0.556.